The lowest BCUT2D eigenvalue weighted by Gasteiger charge is -2.42. The summed E-state index contributed by atoms with van der Waals surface area (Å²) in [7, 11) is 1.49. The van der Waals surface area contributed by atoms with E-state index in [9.17, 15) is 4.79 Å². The van der Waals surface area contributed by atoms with Gasteiger partial charge in [-0.15, -0.1) is 0 Å². The molecular weight excluding hydrogens is 395 g/mol. The van der Waals surface area contributed by atoms with Crippen LogP contribution in [0.15, 0.2) is 42.5 Å². The Hall–Kier alpha value is -1.75. The van der Waals surface area contributed by atoms with Crippen molar-refractivity contribution in [3.63, 3.8) is 0 Å². The van der Waals surface area contributed by atoms with Crippen LogP contribution in [0, 0.1) is 0 Å². The van der Waals surface area contributed by atoms with Crippen molar-refractivity contribution in [1.29, 1.82) is 0 Å². The smallest absolute Gasteiger partial charge is 0.255 e. The van der Waals surface area contributed by atoms with Gasteiger partial charge in [0.1, 0.15) is 5.75 Å². The first-order chi connectivity index (χ1) is 13.3. The van der Waals surface area contributed by atoms with Crippen LogP contribution in [0.4, 0.5) is 0 Å². The molecule has 2 aromatic rings. The predicted octanol–water partition coefficient (Wildman–Crippen LogP) is 5.35. The number of rotatable bonds is 6. The van der Waals surface area contributed by atoms with Crippen LogP contribution in [0.2, 0.25) is 10.0 Å². The van der Waals surface area contributed by atoms with Gasteiger partial charge in [0.2, 0.25) is 0 Å². The van der Waals surface area contributed by atoms with E-state index in [0.29, 0.717) is 21.4 Å². The van der Waals surface area contributed by atoms with Crippen LogP contribution in [0.1, 0.15) is 48.7 Å². The summed E-state index contributed by atoms with van der Waals surface area (Å²) < 4.78 is 5.36. The lowest BCUT2D eigenvalue weighted by molar-refractivity contribution is 0.0776. The second-order valence-corrected chi connectivity index (χ2v) is 8.48. The topological polar surface area (TPSA) is 41.6 Å². The summed E-state index contributed by atoms with van der Waals surface area (Å²) in [5, 5.41) is 3.93. The van der Waals surface area contributed by atoms with Gasteiger partial charge in [0, 0.05) is 10.6 Å². The Morgan fingerprint density at radius 1 is 1.14 bits per heavy atom. The zero-order chi connectivity index (χ0) is 20.3. The summed E-state index contributed by atoms with van der Waals surface area (Å²) in [4.78, 5) is 15.7. The van der Waals surface area contributed by atoms with Crippen molar-refractivity contribution < 1.29 is 9.53 Å². The fraction of sp³-hybridized carbons (Fsp3) is 0.409. The van der Waals surface area contributed by atoms with Gasteiger partial charge >= 0.3 is 0 Å². The molecule has 6 heteroatoms. The van der Waals surface area contributed by atoms with Crippen LogP contribution in [0.3, 0.4) is 0 Å². The van der Waals surface area contributed by atoms with Crippen LogP contribution >= 0.6 is 23.2 Å². The van der Waals surface area contributed by atoms with Gasteiger partial charge < -0.3 is 10.1 Å². The molecule has 1 amide bonds. The third-order valence-corrected chi connectivity index (χ3v) is 5.99. The highest BCUT2D eigenvalue weighted by molar-refractivity contribution is 6.36. The van der Waals surface area contributed by atoms with E-state index in [4.69, 9.17) is 27.9 Å². The quantitative estimate of drug-likeness (QED) is 0.684. The van der Waals surface area contributed by atoms with E-state index in [0.717, 1.165) is 18.7 Å². The minimum Gasteiger partial charge on any atom is -0.494 e. The third-order valence-electron chi connectivity index (χ3n) is 5.49. The molecule has 0 bridgehead atoms. The number of benzene rings is 2. The predicted molar refractivity (Wildman–Crippen MR) is 115 cm³/mol. The molecule has 1 fully saturated rings. The average molecular weight is 421 g/mol. The fourth-order valence-electron chi connectivity index (χ4n) is 3.93. The molecule has 150 valence electrons. The van der Waals surface area contributed by atoms with Crippen LogP contribution in [0.25, 0.3) is 0 Å². The van der Waals surface area contributed by atoms with Crippen molar-refractivity contribution in [3.8, 4) is 5.75 Å². The molecule has 28 heavy (non-hydrogen) atoms. The van der Waals surface area contributed by atoms with Gasteiger partial charge in [0.05, 0.1) is 23.7 Å². The van der Waals surface area contributed by atoms with Crippen LogP contribution in [-0.2, 0) is 0 Å². The number of methoxy groups -OCH3 is 1. The van der Waals surface area contributed by atoms with E-state index < -0.39 is 0 Å². The molecule has 1 aliphatic heterocycles. The number of carbonyl (C=O) groups is 1. The number of amides is 1. The van der Waals surface area contributed by atoms with Gasteiger partial charge in [-0.2, -0.15) is 0 Å². The third kappa shape index (κ3) is 4.29. The molecule has 0 saturated carbocycles. The van der Waals surface area contributed by atoms with Gasteiger partial charge in [-0.25, -0.2) is 0 Å². The van der Waals surface area contributed by atoms with Crippen molar-refractivity contribution in [2.45, 2.75) is 38.3 Å². The summed E-state index contributed by atoms with van der Waals surface area (Å²) in [6.45, 7) is 6.41. The molecule has 4 nitrogen and oxygen atoms in total. The first-order valence-corrected chi connectivity index (χ1v) is 10.2. The van der Waals surface area contributed by atoms with Gasteiger partial charge in [0.15, 0.2) is 0 Å². The molecule has 0 spiro atoms. The number of likely N-dealkylation sites (tertiary alicyclic amines) is 1. The first kappa shape index (κ1) is 21.0. The molecule has 1 aliphatic rings. The minimum absolute atomic E-state index is 0.207. The van der Waals surface area contributed by atoms with E-state index in [1.807, 2.05) is 30.3 Å². The molecule has 3 rings (SSSR count). The zero-order valence-electron chi connectivity index (χ0n) is 16.5. The van der Waals surface area contributed by atoms with Crippen molar-refractivity contribution in [2.24, 2.45) is 0 Å². The van der Waals surface area contributed by atoms with Crippen molar-refractivity contribution in [3.05, 3.63) is 63.6 Å². The highest BCUT2D eigenvalue weighted by Crippen LogP contribution is 2.36. The first-order valence-electron chi connectivity index (χ1n) is 9.48. The lowest BCUT2D eigenvalue weighted by atomic mass is 9.86. The van der Waals surface area contributed by atoms with Gasteiger partial charge in [0.25, 0.3) is 5.91 Å². The zero-order valence-corrected chi connectivity index (χ0v) is 18.0. The van der Waals surface area contributed by atoms with Gasteiger partial charge in [-0.1, -0.05) is 53.5 Å². The molecular formula is C22H26Cl2N2O2. The van der Waals surface area contributed by atoms with E-state index in [1.54, 1.807) is 12.1 Å². The number of ether oxygens (including phenoxy) is 1. The Balaban J connectivity index is 1.97. The maximum Gasteiger partial charge on any atom is 0.255 e. The van der Waals surface area contributed by atoms with Gasteiger partial charge in [-0.05, 0) is 57.5 Å². The Morgan fingerprint density at radius 2 is 1.79 bits per heavy atom. The normalized spacial score (nSPS) is 16.0. The Bertz CT molecular complexity index is 834. The monoisotopic (exact) mass is 420 g/mol. The molecule has 1 saturated heterocycles. The number of nitrogens with zero attached hydrogens (tertiary/aromatic N) is 1. The van der Waals surface area contributed by atoms with Gasteiger partial charge in [-0.3, -0.25) is 9.69 Å². The Morgan fingerprint density at radius 3 is 2.39 bits per heavy atom. The largest absolute Gasteiger partial charge is 0.494 e. The van der Waals surface area contributed by atoms with Crippen LogP contribution in [0.5, 0.6) is 5.75 Å². The number of hydrogen-bond donors (Lipinski definition) is 1. The summed E-state index contributed by atoms with van der Waals surface area (Å²) in [5.74, 6) is 0.0664. The summed E-state index contributed by atoms with van der Waals surface area (Å²) in [6.07, 6.45) is 2.35. The second-order valence-electron chi connectivity index (χ2n) is 7.63. The molecule has 0 radical (unpaired) electrons. The summed E-state index contributed by atoms with van der Waals surface area (Å²) >= 11 is 12.4. The van der Waals surface area contributed by atoms with Crippen LogP contribution in [-0.4, -0.2) is 36.5 Å². The Labute approximate surface area is 176 Å². The standard InChI is InChI=1S/C22H26Cl2N2O2/c1-22(2,26-11-7-8-12-26)20(15-9-5-4-6-10-15)25-21(27)17-13-16(23)14-18(24)19(17)28-3/h4-6,9-10,13-14,20H,7-8,11-12H2,1-3H3,(H,25,27). The highest BCUT2D eigenvalue weighted by Gasteiger charge is 2.39. The van der Waals surface area contributed by atoms with Crippen molar-refractivity contribution in [1.82, 2.24) is 10.2 Å². The van der Waals surface area contributed by atoms with Crippen molar-refractivity contribution in [2.75, 3.05) is 20.2 Å². The van der Waals surface area contributed by atoms with E-state index >= 15 is 0 Å². The number of hydrogen-bond acceptors (Lipinski definition) is 3. The number of nitrogens with one attached hydrogen (secondary N) is 1. The minimum atomic E-state index is -0.262. The SMILES string of the molecule is COc1c(Cl)cc(Cl)cc1C(=O)NC(c1ccccc1)C(C)(C)N1CCCC1. The van der Waals surface area contributed by atoms with Crippen molar-refractivity contribution >= 4 is 29.1 Å². The van der Waals surface area contributed by atoms with Crippen LogP contribution < -0.4 is 10.1 Å². The van der Waals surface area contributed by atoms with E-state index in [2.05, 4.69) is 24.1 Å². The maximum atomic E-state index is 13.2. The molecule has 1 atom stereocenters. The maximum absolute atomic E-state index is 13.2. The Kier molecular flexibility index (Phi) is 6.54. The fourth-order valence-corrected chi connectivity index (χ4v) is 4.51. The molecule has 1 unspecified atom stereocenters. The van der Waals surface area contributed by atoms with E-state index in [-0.39, 0.29) is 17.5 Å². The molecule has 1 heterocycles. The molecule has 0 aliphatic carbocycles. The lowest BCUT2D eigenvalue weighted by Crippen LogP contribution is -2.52. The highest BCUT2D eigenvalue weighted by atomic mass is 35.5. The molecule has 1 N–H and O–H groups in total. The second kappa shape index (κ2) is 8.73. The number of carbonyl (C=O) groups excluding carboxylic acids is 1. The average Bonchev–Trinajstić information content (AvgIpc) is 3.21. The summed E-state index contributed by atoms with van der Waals surface area (Å²) in [6, 6.07) is 13.0. The summed E-state index contributed by atoms with van der Waals surface area (Å²) in [5.41, 5.74) is 1.13. The molecule has 0 aromatic heterocycles. The molecule has 2 aromatic carbocycles. The van der Waals surface area contributed by atoms with E-state index in [1.165, 1.54) is 20.0 Å². The number of halogens is 2.